The molecule has 1 heterocycles. The summed E-state index contributed by atoms with van der Waals surface area (Å²) in [6.45, 7) is 1.07. The fourth-order valence-electron chi connectivity index (χ4n) is 0.709. The minimum Gasteiger partial charge on any atom is -0.393 e. The molecule has 0 spiro atoms. The monoisotopic (exact) mass is 221 g/mol. The molecule has 1 rings (SSSR count). The Morgan fingerprint density at radius 2 is 2.38 bits per heavy atom. The molecule has 0 aliphatic rings. The summed E-state index contributed by atoms with van der Waals surface area (Å²) in [5.41, 5.74) is -1.33. The maximum Gasteiger partial charge on any atom is 0.136 e. The van der Waals surface area contributed by atoms with Crippen molar-refractivity contribution in [1.82, 2.24) is 4.98 Å². The van der Waals surface area contributed by atoms with Crippen molar-refractivity contribution in [1.29, 1.82) is 0 Å². The van der Waals surface area contributed by atoms with E-state index in [1.54, 1.807) is 6.26 Å². The van der Waals surface area contributed by atoms with Gasteiger partial charge in [-0.2, -0.15) is 0 Å². The molecule has 1 aromatic heterocycles. The highest BCUT2D eigenvalue weighted by Gasteiger charge is 2.26. The summed E-state index contributed by atoms with van der Waals surface area (Å²) < 4.78 is 11.6. The maximum atomic E-state index is 11.0. The second kappa shape index (κ2) is 3.83. The van der Waals surface area contributed by atoms with E-state index in [0.29, 0.717) is 9.22 Å². The van der Waals surface area contributed by atoms with Gasteiger partial charge in [-0.05, 0) is 6.92 Å². The van der Waals surface area contributed by atoms with Gasteiger partial charge in [0.15, 0.2) is 0 Å². The fraction of sp³-hybridized carbons (Fsp3) is 0.571. The molecule has 0 saturated heterocycles. The van der Waals surface area contributed by atoms with Crippen LogP contribution in [0.2, 0.25) is 0 Å². The highest BCUT2D eigenvalue weighted by atomic mass is 32.2. The van der Waals surface area contributed by atoms with Crippen molar-refractivity contribution in [3.05, 3.63) is 11.2 Å². The van der Waals surface area contributed by atoms with Gasteiger partial charge in [-0.1, -0.05) is 0 Å². The summed E-state index contributed by atoms with van der Waals surface area (Å²) in [5.74, 6) is 0. The first-order valence-corrected chi connectivity index (χ1v) is 5.98. The molecule has 0 amide bonds. The topological polar surface area (TPSA) is 70.4 Å². The third-order valence-corrected chi connectivity index (χ3v) is 4.21. The minimum atomic E-state index is -1.33. The van der Waals surface area contributed by atoms with Crippen molar-refractivity contribution in [2.75, 3.05) is 12.9 Å². The Morgan fingerprint density at radius 3 is 2.77 bits per heavy atom. The summed E-state index contributed by atoms with van der Waals surface area (Å²) in [5, 5.41) is 18.8. The van der Waals surface area contributed by atoms with Gasteiger partial charge in [0.25, 0.3) is 0 Å². The van der Waals surface area contributed by atoms with Crippen LogP contribution in [0.3, 0.4) is 0 Å². The van der Waals surface area contributed by atoms with Gasteiger partial charge in [-0.3, -0.25) is 4.21 Å². The van der Waals surface area contributed by atoms with Gasteiger partial charge in [-0.15, -0.1) is 11.3 Å². The molecule has 0 aliphatic carbocycles. The van der Waals surface area contributed by atoms with Crippen molar-refractivity contribution in [2.45, 2.75) is 16.7 Å². The molecule has 0 aliphatic heterocycles. The molecule has 74 valence electrons. The Balaban J connectivity index is 2.98. The van der Waals surface area contributed by atoms with E-state index in [9.17, 15) is 9.32 Å². The summed E-state index contributed by atoms with van der Waals surface area (Å²) in [4.78, 5) is 3.90. The lowest BCUT2D eigenvalue weighted by atomic mass is 10.1. The molecule has 2 N–H and O–H groups in total. The third-order valence-electron chi connectivity index (χ3n) is 1.54. The Labute approximate surface area is 82.7 Å². The van der Waals surface area contributed by atoms with Crippen LogP contribution in [0, 0.1) is 0 Å². The van der Waals surface area contributed by atoms with Crippen LogP contribution in [0.15, 0.2) is 10.4 Å². The maximum absolute atomic E-state index is 11.0. The van der Waals surface area contributed by atoms with Gasteiger partial charge in [-0.25, -0.2) is 4.98 Å². The first-order chi connectivity index (χ1) is 5.97. The van der Waals surface area contributed by atoms with E-state index < -0.39 is 23.0 Å². The van der Waals surface area contributed by atoms with Crippen molar-refractivity contribution < 1.29 is 14.4 Å². The Morgan fingerprint density at radius 1 is 1.77 bits per heavy atom. The average Bonchev–Trinajstić information content (AvgIpc) is 2.52. The molecule has 0 saturated carbocycles. The standard InChI is InChI=1S/C7H11NO3S2/c1-7(10,4-9)6-8-3-5(12-6)13(2)11/h3,9-10H,4H2,1-2H3. The lowest BCUT2D eigenvalue weighted by Gasteiger charge is -2.16. The highest BCUT2D eigenvalue weighted by molar-refractivity contribution is 7.86. The predicted octanol–water partition coefficient (Wildman–Crippen LogP) is 0.0803. The van der Waals surface area contributed by atoms with E-state index in [1.165, 1.54) is 13.1 Å². The zero-order valence-electron chi connectivity index (χ0n) is 7.35. The Kier molecular flexibility index (Phi) is 3.18. The van der Waals surface area contributed by atoms with E-state index in [1.807, 2.05) is 0 Å². The molecule has 13 heavy (non-hydrogen) atoms. The molecule has 0 aromatic carbocycles. The fourth-order valence-corrected chi connectivity index (χ4v) is 2.30. The first-order valence-electron chi connectivity index (χ1n) is 3.60. The molecule has 2 atom stereocenters. The summed E-state index contributed by atoms with van der Waals surface area (Å²) in [6.07, 6.45) is 3.01. The second-order valence-corrected chi connectivity index (χ2v) is 5.51. The van der Waals surface area contributed by atoms with Gasteiger partial charge >= 0.3 is 0 Å². The predicted molar refractivity (Wildman–Crippen MR) is 51.1 cm³/mol. The first kappa shape index (κ1) is 10.8. The zero-order chi connectivity index (χ0) is 10.1. The van der Waals surface area contributed by atoms with Crippen LogP contribution < -0.4 is 0 Å². The number of aliphatic hydroxyl groups excluding tert-OH is 1. The third kappa shape index (κ3) is 2.34. The zero-order valence-corrected chi connectivity index (χ0v) is 8.98. The number of rotatable bonds is 3. The summed E-state index contributed by atoms with van der Waals surface area (Å²) in [7, 11) is -1.08. The van der Waals surface area contributed by atoms with Gasteiger partial charge in [0.1, 0.15) is 14.8 Å². The number of thiazole rings is 1. The minimum absolute atomic E-state index is 0.389. The largest absolute Gasteiger partial charge is 0.393 e. The van der Waals surface area contributed by atoms with Crippen LogP contribution in [0.4, 0.5) is 0 Å². The van der Waals surface area contributed by atoms with E-state index >= 15 is 0 Å². The van der Waals surface area contributed by atoms with Gasteiger partial charge in [0, 0.05) is 6.26 Å². The molecule has 1 aromatic rings. The number of aliphatic hydroxyl groups is 2. The van der Waals surface area contributed by atoms with Crippen molar-refractivity contribution in [3.63, 3.8) is 0 Å². The average molecular weight is 221 g/mol. The normalized spacial score (nSPS) is 18.2. The van der Waals surface area contributed by atoms with E-state index in [4.69, 9.17) is 5.11 Å². The molecular formula is C7H11NO3S2. The lowest BCUT2D eigenvalue weighted by Crippen LogP contribution is -2.25. The van der Waals surface area contributed by atoms with Crippen LogP contribution in [0.25, 0.3) is 0 Å². The Bertz CT molecular complexity index is 321. The van der Waals surface area contributed by atoms with Gasteiger partial charge < -0.3 is 10.2 Å². The number of aromatic nitrogens is 1. The number of nitrogens with zero attached hydrogens (tertiary/aromatic N) is 1. The number of hydrogen-bond donors (Lipinski definition) is 2. The molecule has 0 bridgehead atoms. The van der Waals surface area contributed by atoms with Crippen LogP contribution in [-0.2, 0) is 16.4 Å². The quantitative estimate of drug-likeness (QED) is 0.758. The van der Waals surface area contributed by atoms with Crippen LogP contribution in [-0.4, -0.2) is 32.3 Å². The van der Waals surface area contributed by atoms with E-state index in [-0.39, 0.29) is 0 Å². The SMILES string of the molecule is CS(=O)c1cnc(C(C)(O)CO)s1. The van der Waals surface area contributed by atoms with Gasteiger partial charge in [0.05, 0.1) is 23.6 Å². The van der Waals surface area contributed by atoms with Crippen LogP contribution in [0.5, 0.6) is 0 Å². The van der Waals surface area contributed by atoms with Crippen molar-refractivity contribution in [3.8, 4) is 0 Å². The smallest absolute Gasteiger partial charge is 0.136 e. The number of hydrogen-bond acceptors (Lipinski definition) is 5. The van der Waals surface area contributed by atoms with Gasteiger partial charge in [0.2, 0.25) is 0 Å². The lowest BCUT2D eigenvalue weighted by molar-refractivity contribution is -0.00244. The molecule has 4 nitrogen and oxygen atoms in total. The van der Waals surface area contributed by atoms with E-state index in [0.717, 1.165) is 11.3 Å². The second-order valence-electron chi connectivity index (χ2n) is 2.87. The van der Waals surface area contributed by atoms with Crippen molar-refractivity contribution in [2.24, 2.45) is 0 Å². The highest BCUT2D eigenvalue weighted by Crippen LogP contribution is 2.26. The molecule has 6 heteroatoms. The van der Waals surface area contributed by atoms with E-state index in [2.05, 4.69) is 4.98 Å². The molecule has 0 fully saturated rings. The summed E-state index contributed by atoms with van der Waals surface area (Å²) >= 11 is 1.15. The van der Waals surface area contributed by atoms with Crippen LogP contribution in [0.1, 0.15) is 11.9 Å². The van der Waals surface area contributed by atoms with Crippen molar-refractivity contribution >= 4 is 22.1 Å². The molecular weight excluding hydrogens is 210 g/mol. The molecule has 2 unspecified atom stereocenters. The molecule has 0 radical (unpaired) electrons. The summed E-state index contributed by atoms with van der Waals surface area (Å²) in [6, 6.07) is 0. The Hall–Kier alpha value is -0.300. The van der Waals surface area contributed by atoms with Crippen LogP contribution >= 0.6 is 11.3 Å².